The van der Waals surface area contributed by atoms with Crippen LogP contribution in [0.3, 0.4) is 0 Å². The molecular formula is C13H15ClF3NO2. The molecule has 0 aliphatic heterocycles. The third-order valence-electron chi connectivity index (χ3n) is 2.47. The Kier molecular flexibility index (Phi) is 5.68. The van der Waals surface area contributed by atoms with E-state index in [0.717, 1.165) is 6.07 Å². The van der Waals surface area contributed by atoms with Gasteiger partial charge in [0, 0.05) is 16.8 Å². The Morgan fingerprint density at radius 1 is 1.45 bits per heavy atom. The number of carbonyl (C=O) groups excluding carboxylic acids is 1. The third kappa shape index (κ3) is 4.92. The highest BCUT2D eigenvalue weighted by Crippen LogP contribution is 2.36. The highest BCUT2D eigenvalue weighted by Gasteiger charge is 2.34. The van der Waals surface area contributed by atoms with Crippen LogP contribution in [0.5, 0.6) is 0 Å². The smallest absolute Gasteiger partial charge is 0.418 e. The molecular weight excluding hydrogens is 295 g/mol. The van der Waals surface area contributed by atoms with Gasteiger partial charge in [0.05, 0.1) is 18.6 Å². The maximum Gasteiger partial charge on any atom is 0.418 e. The zero-order valence-corrected chi connectivity index (χ0v) is 11.8. The quantitative estimate of drug-likeness (QED) is 0.832. The van der Waals surface area contributed by atoms with Gasteiger partial charge in [-0.25, -0.2) is 0 Å². The molecule has 1 aromatic rings. The number of carbonyl (C=O) groups is 1. The van der Waals surface area contributed by atoms with Crippen LogP contribution >= 0.6 is 11.6 Å². The lowest BCUT2D eigenvalue weighted by molar-refractivity contribution is -0.143. The summed E-state index contributed by atoms with van der Waals surface area (Å²) < 4.78 is 43.4. The summed E-state index contributed by atoms with van der Waals surface area (Å²) in [4.78, 5) is 11.3. The first-order valence-corrected chi connectivity index (χ1v) is 6.40. The van der Waals surface area contributed by atoms with Crippen LogP contribution in [0.4, 0.5) is 18.9 Å². The van der Waals surface area contributed by atoms with Crippen molar-refractivity contribution in [2.24, 2.45) is 0 Å². The molecule has 112 valence electrons. The van der Waals surface area contributed by atoms with E-state index in [0.29, 0.717) is 0 Å². The van der Waals surface area contributed by atoms with Crippen molar-refractivity contribution in [3.05, 3.63) is 28.8 Å². The second kappa shape index (κ2) is 6.83. The van der Waals surface area contributed by atoms with Gasteiger partial charge in [-0.2, -0.15) is 13.2 Å². The minimum Gasteiger partial charge on any atom is -0.466 e. The number of anilines is 1. The summed E-state index contributed by atoms with van der Waals surface area (Å²) >= 11 is 5.58. The molecule has 0 saturated heterocycles. The molecule has 3 nitrogen and oxygen atoms in total. The average Bonchev–Trinajstić information content (AvgIpc) is 2.30. The predicted molar refractivity (Wildman–Crippen MR) is 70.8 cm³/mol. The standard InChI is InChI=1S/C13H15ClF3NO2/c1-3-20-12(19)6-8(2)18-11-5-4-9(14)7-10(11)13(15,16)17/h4-5,7-8,18H,3,6H2,1-2H3. The summed E-state index contributed by atoms with van der Waals surface area (Å²) in [6, 6.07) is 2.96. The zero-order chi connectivity index (χ0) is 15.3. The summed E-state index contributed by atoms with van der Waals surface area (Å²) in [5.74, 6) is -0.463. The Balaban J connectivity index is 2.84. The van der Waals surface area contributed by atoms with E-state index in [2.05, 4.69) is 5.32 Å². The van der Waals surface area contributed by atoms with E-state index in [9.17, 15) is 18.0 Å². The van der Waals surface area contributed by atoms with Gasteiger partial charge in [-0.1, -0.05) is 11.6 Å². The number of rotatable bonds is 5. The number of benzene rings is 1. The third-order valence-corrected chi connectivity index (χ3v) is 2.70. The van der Waals surface area contributed by atoms with Crippen LogP contribution in [0.1, 0.15) is 25.8 Å². The van der Waals surface area contributed by atoms with Crippen molar-refractivity contribution < 1.29 is 22.7 Å². The van der Waals surface area contributed by atoms with Crippen molar-refractivity contribution in [3.8, 4) is 0 Å². The van der Waals surface area contributed by atoms with Crippen LogP contribution in [-0.2, 0) is 15.7 Å². The molecule has 1 unspecified atom stereocenters. The summed E-state index contributed by atoms with van der Waals surface area (Å²) in [6.07, 6.45) is -4.54. The van der Waals surface area contributed by atoms with Crippen LogP contribution in [0.15, 0.2) is 18.2 Å². The molecule has 7 heteroatoms. The topological polar surface area (TPSA) is 38.3 Å². The first-order chi connectivity index (χ1) is 9.24. The number of ether oxygens (including phenoxy) is 1. The maximum atomic E-state index is 12.9. The summed E-state index contributed by atoms with van der Waals surface area (Å²) in [7, 11) is 0. The fourth-order valence-corrected chi connectivity index (χ4v) is 1.84. The molecule has 0 aliphatic carbocycles. The van der Waals surface area contributed by atoms with Crippen LogP contribution in [-0.4, -0.2) is 18.6 Å². The lowest BCUT2D eigenvalue weighted by Gasteiger charge is -2.19. The molecule has 0 spiro atoms. The fourth-order valence-electron chi connectivity index (χ4n) is 1.66. The largest absolute Gasteiger partial charge is 0.466 e. The van der Waals surface area contributed by atoms with Crippen LogP contribution in [0, 0.1) is 0 Å². The summed E-state index contributed by atoms with van der Waals surface area (Å²) in [5.41, 5.74) is -0.973. The van der Waals surface area contributed by atoms with Crippen molar-refractivity contribution in [1.29, 1.82) is 0 Å². The highest BCUT2D eigenvalue weighted by atomic mass is 35.5. The van der Waals surface area contributed by atoms with Crippen molar-refractivity contribution in [2.75, 3.05) is 11.9 Å². The summed E-state index contributed by atoms with van der Waals surface area (Å²) in [5, 5.41) is 2.65. The van der Waals surface area contributed by atoms with Crippen molar-refractivity contribution in [2.45, 2.75) is 32.5 Å². The van der Waals surface area contributed by atoms with Gasteiger partial charge in [0.15, 0.2) is 0 Å². The normalized spacial score (nSPS) is 12.9. The SMILES string of the molecule is CCOC(=O)CC(C)Nc1ccc(Cl)cc1C(F)(F)F. The van der Waals surface area contributed by atoms with Gasteiger partial charge in [-0.3, -0.25) is 4.79 Å². The van der Waals surface area contributed by atoms with E-state index < -0.39 is 23.8 Å². The van der Waals surface area contributed by atoms with Gasteiger partial charge in [-0.05, 0) is 32.0 Å². The van der Waals surface area contributed by atoms with Gasteiger partial charge in [-0.15, -0.1) is 0 Å². The number of hydrogen-bond donors (Lipinski definition) is 1. The number of esters is 1. The van der Waals surface area contributed by atoms with Crippen LogP contribution in [0.25, 0.3) is 0 Å². The minimum absolute atomic E-state index is 0.000853. The average molecular weight is 310 g/mol. The lowest BCUT2D eigenvalue weighted by atomic mass is 10.1. The van der Waals surface area contributed by atoms with Gasteiger partial charge in [0.25, 0.3) is 0 Å². The molecule has 0 aliphatic rings. The highest BCUT2D eigenvalue weighted by molar-refractivity contribution is 6.30. The number of hydrogen-bond acceptors (Lipinski definition) is 3. The fraction of sp³-hybridized carbons (Fsp3) is 0.462. The van der Waals surface area contributed by atoms with Gasteiger partial charge in [0.1, 0.15) is 0 Å². The molecule has 1 atom stereocenters. The molecule has 0 heterocycles. The maximum absolute atomic E-state index is 12.9. The molecule has 0 amide bonds. The van der Waals surface area contributed by atoms with Crippen molar-refractivity contribution in [1.82, 2.24) is 0 Å². The van der Waals surface area contributed by atoms with Crippen molar-refractivity contribution >= 4 is 23.3 Å². The monoisotopic (exact) mass is 309 g/mol. The summed E-state index contributed by atoms with van der Waals surface area (Å²) in [6.45, 7) is 3.50. The lowest BCUT2D eigenvalue weighted by Crippen LogP contribution is -2.23. The van der Waals surface area contributed by atoms with Crippen LogP contribution in [0.2, 0.25) is 5.02 Å². The first-order valence-electron chi connectivity index (χ1n) is 6.03. The second-order valence-electron chi connectivity index (χ2n) is 4.24. The van der Waals surface area contributed by atoms with E-state index in [1.54, 1.807) is 13.8 Å². The zero-order valence-electron chi connectivity index (χ0n) is 11.1. The van der Waals surface area contributed by atoms with Crippen molar-refractivity contribution in [3.63, 3.8) is 0 Å². The second-order valence-corrected chi connectivity index (χ2v) is 4.68. The number of alkyl halides is 3. The minimum atomic E-state index is -4.52. The van der Waals surface area contributed by atoms with Gasteiger partial charge < -0.3 is 10.1 Å². The van der Waals surface area contributed by atoms with Crippen LogP contribution < -0.4 is 5.32 Å². The molecule has 0 aromatic heterocycles. The number of nitrogens with one attached hydrogen (secondary N) is 1. The molecule has 1 N–H and O–H groups in total. The first kappa shape index (κ1) is 16.6. The van der Waals surface area contributed by atoms with E-state index in [1.807, 2.05) is 0 Å². The molecule has 0 radical (unpaired) electrons. The molecule has 1 rings (SSSR count). The Bertz CT molecular complexity index is 477. The molecule has 0 bridgehead atoms. The van der Waals surface area contributed by atoms with E-state index in [4.69, 9.17) is 16.3 Å². The Morgan fingerprint density at radius 3 is 2.65 bits per heavy atom. The predicted octanol–water partition coefficient (Wildman–Crippen LogP) is 4.11. The Hall–Kier alpha value is -1.43. The molecule has 0 saturated carbocycles. The molecule has 0 fully saturated rings. The Labute approximate surface area is 120 Å². The number of halogens is 4. The van der Waals surface area contributed by atoms with E-state index >= 15 is 0 Å². The van der Waals surface area contributed by atoms with Gasteiger partial charge in [0.2, 0.25) is 0 Å². The Morgan fingerprint density at radius 2 is 2.10 bits per heavy atom. The van der Waals surface area contributed by atoms with Gasteiger partial charge >= 0.3 is 12.1 Å². The molecule has 1 aromatic carbocycles. The van der Waals surface area contributed by atoms with E-state index in [-0.39, 0.29) is 23.7 Å². The van der Waals surface area contributed by atoms with E-state index in [1.165, 1.54) is 12.1 Å². The molecule has 20 heavy (non-hydrogen) atoms.